The normalized spacial score (nSPS) is 13.1. The zero-order valence-electron chi connectivity index (χ0n) is 18.7. The van der Waals surface area contributed by atoms with Gasteiger partial charge in [0.25, 0.3) is 0 Å². The van der Waals surface area contributed by atoms with Crippen molar-refractivity contribution in [3.8, 4) is 5.75 Å². The van der Waals surface area contributed by atoms with E-state index in [-0.39, 0.29) is 34.7 Å². The molecule has 0 saturated heterocycles. The monoisotopic (exact) mass is 513 g/mol. The van der Waals surface area contributed by atoms with Crippen LogP contribution < -0.4 is 27.4 Å². The lowest BCUT2D eigenvalue weighted by Gasteiger charge is -2.18. The topological polar surface area (TPSA) is 256 Å². The molecule has 184 valence electrons. The van der Waals surface area contributed by atoms with Gasteiger partial charge in [-0.3, -0.25) is 4.79 Å². The molecule has 34 heavy (non-hydrogen) atoms. The largest absolute Gasteiger partial charge is 0.775 e. The van der Waals surface area contributed by atoms with Crippen LogP contribution in [0.1, 0.15) is 6.92 Å². The van der Waals surface area contributed by atoms with Gasteiger partial charge in [-0.25, -0.2) is 8.42 Å². The second kappa shape index (κ2) is 10.4. The van der Waals surface area contributed by atoms with E-state index < -0.39 is 39.4 Å². The summed E-state index contributed by atoms with van der Waals surface area (Å²) < 4.78 is 46.6. The van der Waals surface area contributed by atoms with Crippen molar-refractivity contribution in [2.45, 2.75) is 11.8 Å². The number of anilines is 1. The van der Waals surface area contributed by atoms with Crippen molar-refractivity contribution in [2.24, 2.45) is 10.2 Å². The number of carbonyl (C=O) groups excluding carboxylic acids is 1. The summed E-state index contributed by atoms with van der Waals surface area (Å²) in [4.78, 5) is 32.5. The first-order valence-corrected chi connectivity index (χ1v) is 11.8. The number of phenolic OH excluding ortho intramolecular Hbond substituents is 1. The molecule has 0 aromatic heterocycles. The van der Waals surface area contributed by atoms with E-state index in [1.54, 1.807) is 0 Å². The Bertz CT molecular complexity index is 1420. The third-order valence-corrected chi connectivity index (χ3v) is 6.37. The number of carbonyl (C=O) groups is 1. The zero-order valence-corrected chi connectivity index (χ0v) is 20.4. The molecule has 1 atom stereocenters. The van der Waals surface area contributed by atoms with Crippen LogP contribution in [0.3, 0.4) is 0 Å². The third-order valence-electron chi connectivity index (χ3n) is 4.59. The van der Waals surface area contributed by atoms with E-state index in [9.17, 15) is 32.3 Å². The van der Waals surface area contributed by atoms with Gasteiger partial charge in [0.1, 0.15) is 15.8 Å². The Morgan fingerprint density at radius 3 is 2.29 bits per heavy atom. The molecule has 15 heteroatoms. The maximum Gasteiger partial charge on any atom is 0.223 e. The van der Waals surface area contributed by atoms with E-state index in [1.165, 1.54) is 49.2 Å². The molecule has 0 aliphatic rings. The van der Waals surface area contributed by atoms with Gasteiger partial charge >= 0.3 is 0 Å². The molecule has 1 unspecified atom stereocenters. The zero-order chi connectivity index (χ0) is 23.8. The first-order valence-electron chi connectivity index (χ1n) is 8.85. The molecule has 0 bridgehead atoms. The highest BCUT2D eigenvalue weighted by Gasteiger charge is 2.19. The number of fused-ring (bicyclic) bond motifs is 1. The van der Waals surface area contributed by atoms with Crippen LogP contribution in [0.15, 0.2) is 63.7 Å². The molecular weight excluding hydrogens is 489 g/mol. The molecule has 3 rings (SSSR count). The molecule has 1 amide bonds. The number of benzene rings is 3. The summed E-state index contributed by atoms with van der Waals surface area (Å²) in [6.07, 6.45) is 0. The van der Waals surface area contributed by atoms with Gasteiger partial charge in [-0.1, -0.05) is 18.2 Å². The Morgan fingerprint density at radius 2 is 1.74 bits per heavy atom. The smallest absolute Gasteiger partial charge is 0.223 e. The Morgan fingerprint density at radius 1 is 1.09 bits per heavy atom. The van der Waals surface area contributed by atoms with Crippen molar-refractivity contribution in [3.05, 3.63) is 48.5 Å². The van der Waals surface area contributed by atoms with Crippen LogP contribution in [0.2, 0.25) is 0 Å². The summed E-state index contributed by atoms with van der Waals surface area (Å²) in [6.45, 7) is 1.33. The van der Waals surface area contributed by atoms with Crippen LogP contribution in [0.5, 0.6) is 5.75 Å². The van der Waals surface area contributed by atoms with Crippen LogP contribution in [0, 0.1) is 0 Å². The molecule has 0 fully saturated rings. The highest BCUT2D eigenvalue weighted by Crippen LogP contribution is 2.42. The van der Waals surface area contributed by atoms with Crippen LogP contribution in [0.4, 0.5) is 17.1 Å². The van der Waals surface area contributed by atoms with Crippen molar-refractivity contribution in [1.82, 2.24) is 12.3 Å². The molecule has 0 radical (unpaired) electrons. The van der Waals surface area contributed by atoms with Crippen molar-refractivity contribution in [3.63, 3.8) is 0 Å². The maximum atomic E-state index is 11.8. The van der Waals surface area contributed by atoms with E-state index in [4.69, 9.17) is 4.89 Å². The standard InChI is InChI=1S/C19H18N3O8PS.2H3N/c1-11(23)22(2)14-7-6-12-8-17(32(28,29)30)18(19(24)16(12)10-14)21-20-13-4-3-5-15(9-13)31(25,26)27;;/h3-10,24H,1-2H3,(H2,25,26,27)(H,28,29,30);2*1H3. The number of azo groups is 1. The Hall–Kier alpha value is -3.23. The molecule has 10 N–H and O–H groups in total. The minimum atomic E-state index is -5.09. The third kappa shape index (κ3) is 6.01. The molecular formula is C19H24N5O8PS. The van der Waals surface area contributed by atoms with Crippen LogP contribution in [-0.2, 0) is 19.5 Å². The summed E-state index contributed by atoms with van der Waals surface area (Å²) >= 11 is 0. The molecule has 3 aromatic carbocycles. The number of aromatic hydroxyl groups is 1. The van der Waals surface area contributed by atoms with Crippen molar-refractivity contribution in [2.75, 3.05) is 11.9 Å². The number of phenols is 1. The second-order valence-corrected chi connectivity index (χ2v) is 9.66. The van der Waals surface area contributed by atoms with E-state index in [2.05, 4.69) is 10.2 Å². The lowest BCUT2D eigenvalue weighted by molar-refractivity contribution is -0.188. The van der Waals surface area contributed by atoms with Gasteiger partial charge in [0, 0.05) is 30.3 Å². The number of nitrogens with zero attached hydrogens (tertiary/aromatic N) is 3. The van der Waals surface area contributed by atoms with Gasteiger partial charge in [0.05, 0.1) is 10.6 Å². The van der Waals surface area contributed by atoms with E-state index in [1.807, 2.05) is 0 Å². The van der Waals surface area contributed by atoms with Gasteiger partial charge in [-0.05, 0) is 35.7 Å². The molecule has 0 heterocycles. The first kappa shape index (κ1) is 28.8. The average Bonchev–Trinajstić information content (AvgIpc) is 2.71. The Balaban J connectivity index is 0.00000289. The summed E-state index contributed by atoms with van der Waals surface area (Å²) in [5, 5.41) is 17.9. The Labute approximate surface area is 194 Å². The quantitative estimate of drug-likeness (QED) is 0.223. The number of rotatable bonds is 5. The fourth-order valence-corrected chi connectivity index (χ4v) is 4.06. The second-order valence-electron chi connectivity index (χ2n) is 6.75. The van der Waals surface area contributed by atoms with Gasteiger partial charge < -0.3 is 41.2 Å². The summed E-state index contributed by atoms with van der Waals surface area (Å²) in [6, 6.07) is 10.0. The predicted molar refractivity (Wildman–Crippen MR) is 125 cm³/mol. The molecule has 0 saturated carbocycles. The average molecular weight is 513 g/mol. The van der Waals surface area contributed by atoms with E-state index in [0.717, 1.165) is 18.2 Å². The van der Waals surface area contributed by atoms with E-state index >= 15 is 0 Å². The number of amides is 1. The minimum absolute atomic E-state index is 0. The highest BCUT2D eigenvalue weighted by atomic mass is 32.2. The Kier molecular flexibility index (Phi) is 8.78. The highest BCUT2D eigenvalue weighted by molar-refractivity contribution is 7.86. The lowest BCUT2D eigenvalue weighted by Crippen LogP contribution is -2.22. The van der Waals surface area contributed by atoms with Gasteiger partial charge in [-0.2, -0.15) is 5.11 Å². The van der Waals surface area contributed by atoms with Crippen LogP contribution >= 0.6 is 7.60 Å². The number of hydrogen-bond donors (Lipinski definition) is 4. The lowest BCUT2D eigenvalue weighted by atomic mass is 10.1. The van der Waals surface area contributed by atoms with Crippen molar-refractivity contribution >= 4 is 56.8 Å². The predicted octanol–water partition coefficient (Wildman–Crippen LogP) is 2.77. The maximum absolute atomic E-state index is 11.8. The minimum Gasteiger partial charge on any atom is -0.775 e. The SMILES string of the molecule is CC(=O)N(C)c1ccc2cc(S(=O)(=O)[O-])c(N=Nc3cccc(P(=O)([O-])O)c3)c(O)c2c1.[NH4+].[NH4+]. The van der Waals surface area contributed by atoms with Crippen LogP contribution in [-0.4, -0.2) is 35.9 Å². The van der Waals surface area contributed by atoms with Gasteiger partial charge in [0.15, 0.2) is 13.3 Å². The van der Waals surface area contributed by atoms with Crippen molar-refractivity contribution < 1.29 is 37.2 Å². The molecule has 0 spiro atoms. The van der Waals surface area contributed by atoms with E-state index in [0.29, 0.717) is 5.69 Å². The van der Waals surface area contributed by atoms with Gasteiger partial charge in [0.2, 0.25) is 5.91 Å². The van der Waals surface area contributed by atoms with Crippen molar-refractivity contribution in [1.29, 1.82) is 0 Å². The number of quaternary nitrogens is 2. The van der Waals surface area contributed by atoms with Crippen LogP contribution in [0.25, 0.3) is 10.8 Å². The van der Waals surface area contributed by atoms with Gasteiger partial charge in [-0.15, -0.1) is 5.11 Å². The molecule has 0 aliphatic carbocycles. The first-order chi connectivity index (χ1) is 14.8. The molecule has 13 nitrogen and oxygen atoms in total. The summed E-state index contributed by atoms with van der Waals surface area (Å²) in [5.41, 5.74) is -0.357. The molecule has 3 aromatic rings. The molecule has 0 aliphatic heterocycles. The summed E-state index contributed by atoms with van der Waals surface area (Å²) in [7, 11) is -8.41. The summed E-state index contributed by atoms with van der Waals surface area (Å²) in [5.74, 6) is -0.964. The fourth-order valence-electron chi connectivity index (χ4n) is 2.85. The number of hydrogen-bond acceptors (Lipinski definition) is 9. The fraction of sp³-hybridized carbons (Fsp3) is 0.105.